The molecule has 0 aliphatic heterocycles. The van der Waals surface area contributed by atoms with Gasteiger partial charge in [-0.2, -0.15) is 5.26 Å². The summed E-state index contributed by atoms with van der Waals surface area (Å²) in [5.74, 6) is 0.834. The van der Waals surface area contributed by atoms with Crippen LogP contribution in [0.1, 0.15) is 34.7 Å². The van der Waals surface area contributed by atoms with Gasteiger partial charge in [-0.05, 0) is 56.4 Å². The van der Waals surface area contributed by atoms with Crippen LogP contribution in [0, 0.1) is 18.3 Å². The van der Waals surface area contributed by atoms with Gasteiger partial charge in [0.15, 0.2) is 0 Å². The van der Waals surface area contributed by atoms with Gasteiger partial charge in [-0.25, -0.2) is 9.97 Å². The topological polar surface area (TPSA) is 78.7 Å². The summed E-state index contributed by atoms with van der Waals surface area (Å²) in [4.78, 5) is 24.1. The van der Waals surface area contributed by atoms with E-state index in [1.54, 1.807) is 29.5 Å². The number of thioether (sulfide) groups is 1. The van der Waals surface area contributed by atoms with Crippen molar-refractivity contribution >= 4 is 56.5 Å². The van der Waals surface area contributed by atoms with Crippen molar-refractivity contribution in [2.24, 2.45) is 0 Å². The largest absolute Gasteiger partial charge is 0.325 e. The lowest BCUT2D eigenvalue weighted by atomic mass is 9.97. The molecule has 0 bridgehead atoms. The van der Waals surface area contributed by atoms with Crippen LogP contribution in [0.15, 0.2) is 23.2 Å². The number of nitrogens with zero attached hydrogens (tertiary/aromatic N) is 3. The lowest BCUT2D eigenvalue weighted by Crippen LogP contribution is -2.14. The van der Waals surface area contributed by atoms with Gasteiger partial charge in [-0.15, -0.1) is 11.3 Å². The van der Waals surface area contributed by atoms with E-state index >= 15 is 0 Å². The van der Waals surface area contributed by atoms with Crippen molar-refractivity contribution in [2.45, 2.75) is 37.6 Å². The second-order valence-corrected chi connectivity index (χ2v) is 9.07. The van der Waals surface area contributed by atoms with Crippen LogP contribution in [0.3, 0.4) is 0 Å². The van der Waals surface area contributed by atoms with Crippen LogP contribution in [0.5, 0.6) is 0 Å². The first-order chi connectivity index (χ1) is 13.5. The van der Waals surface area contributed by atoms with Crippen LogP contribution in [-0.4, -0.2) is 21.6 Å². The second kappa shape index (κ2) is 8.08. The molecule has 0 unspecified atom stereocenters. The first kappa shape index (κ1) is 19.2. The van der Waals surface area contributed by atoms with Crippen molar-refractivity contribution in [3.8, 4) is 6.07 Å². The minimum Gasteiger partial charge on any atom is -0.325 e. The van der Waals surface area contributed by atoms with Crippen LogP contribution in [0.4, 0.5) is 5.69 Å². The highest BCUT2D eigenvalue weighted by atomic mass is 35.5. The highest BCUT2D eigenvalue weighted by molar-refractivity contribution is 8.00. The molecule has 1 aliphatic rings. The van der Waals surface area contributed by atoms with Crippen LogP contribution in [0.2, 0.25) is 5.02 Å². The first-order valence-corrected chi connectivity index (χ1v) is 11.1. The number of hydrogen-bond acceptors (Lipinski definition) is 6. The predicted molar refractivity (Wildman–Crippen MR) is 114 cm³/mol. The third kappa shape index (κ3) is 3.86. The van der Waals surface area contributed by atoms with Crippen molar-refractivity contribution in [1.29, 1.82) is 5.26 Å². The fourth-order valence-corrected chi connectivity index (χ4v) is 5.84. The maximum absolute atomic E-state index is 12.4. The Kier molecular flexibility index (Phi) is 5.54. The number of nitriles is 1. The van der Waals surface area contributed by atoms with Crippen molar-refractivity contribution in [1.82, 2.24) is 9.97 Å². The summed E-state index contributed by atoms with van der Waals surface area (Å²) >= 11 is 9.23. The molecule has 0 saturated carbocycles. The molecule has 1 N–H and O–H groups in total. The first-order valence-electron chi connectivity index (χ1n) is 8.96. The van der Waals surface area contributed by atoms with Gasteiger partial charge in [0.1, 0.15) is 21.7 Å². The van der Waals surface area contributed by atoms with Gasteiger partial charge in [0, 0.05) is 16.0 Å². The maximum Gasteiger partial charge on any atom is 0.234 e. The molecular formula is C20H17ClN4OS2. The van der Waals surface area contributed by atoms with Crippen molar-refractivity contribution in [3.63, 3.8) is 0 Å². The zero-order valence-electron chi connectivity index (χ0n) is 15.2. The van der Waals surface area contributed by atoms with E-state index in [1.807, 2.05) is 13.0 Å². The van der Waals surface area contributed by atoms with Gasteiger partial charge >= 0.3 is 0 Å². The van der Waals surface area contributed by atoms with E-state index in [0.717, 1.165) is 33.9 Å². The smallest absolute Gasteiger partial charge is 0.234 e. The van der Waals surface area contributed by atoms with Crippen LogP contribution >= 0.6 is 34.7 Å². The average molecular weight is 429 g/mol. The second-order valence-electron chi connectivity index (χ2n) is 6.61. The highest BCUT2D eigenvalue weighted by Gasteiger charge is 2.21. The number of benzene rings is 1. The van der Waals surface area contributed by atoms with Gasteiger partial charge in [0.25, 0.3) is 0 Å². The normalized spacial score (nSPS) is 13.2. The van der Waals surface area contributed by atoms with Crippen molar-refractivity contribution < 1.29 is 4.79 Å². The van der Waals surface area contributed by atoms with E-state index < -0.39 is 0 Å². The Morgan fingerprint density at radius 3 is 2.96 bits per heavy atom. The van der Waals surface area contributed by atoms with E-state index in [4.69, 9.17) is 16.9 Å². The summed E-state index contributed by atoms with van der Waals surface area (Å²) in [6, 6.07) is 6.87. The molecule has 1 amide bonds. The number of amides is 1. The van der Waals surface area contributed by atoms with Crippen molar-refractivity contribution in [2.75, 3.05) is 11.1 Å². The number of aromatic nitrogens is 2. The number of carbonyl (C=O) groups is 1. The molecule has 142 valence electrons. The predicted octanol–water partition coefficient (Wildman–Crippen LogP) is 5.13. The zero-order valence-corrected chi connectivity index (χ0v) is 17.6. The van der Waals surface area contributed by atoms with E-state index in [2.05, 4.69) is 15.3 Å². The number of carbonyl (C=O) groups excluding carboxylic acids is 1. The molecule has 2 heterocycles. The van der Waals surface area contributed by atoms with E-state index in [0.29, 0.717) is 16.3 Å². The van der Waals surface area contributed by atoms with Crippen molar-refractivity contribution in [3.05, 3.63) is 45.1 Å². The monoisotopic (exact) mass is 428 g/mol. The van der Waals surface area contributed by atoms with Gasteiger partial charge in [0.2, 0.25) is 5.91 Å². The molecule has 0 saturated heterocycles. The van der Waals surface area contributed by atoms with Crippen LogP contribution < -0.4 is 5.32 Å². The third-order valence-electron chi connectivity index (χ3n) is 4.61. The summed E-state index contributed by atoms with van der Waals surface area (Å²) in [5, 5.41) is 14.1. The zero-order chi connectivity index (χ0) is 19.7. The SMILES string of the molecule is Cc1nc(SCC(=O)Nc2ccc(C#N)c(Cl)c2)c2c3c(sc2n1)CCCC3. The fourth-order valence-electron chi connectivity index (χ4n) is 3.34. The molecule has 0 atom stereocenters. The van der Waals surface area contributed by atoms with Crippen LogP contribution in [0.25, 0.3) is 10.2 Å². The number of anilines is 1. The van der Waals surface area contributed by atoms with Gasteiger partial charge in [-0.1, -0.05) is 23.4 Å². The average Bonchev–Trinajstić information content (AvgIpc) is 3.04. The van der Waals surface area contributed by atoms with E-state index in [9.17, 15) is 4.79 Å². The standard InChI is InChI=1S/C20H17ClN4OS2/c1-11-23-19(18-14-4-2-3-5-16(14)28-20(18)24-11)27-10-17(26)25-13-7-6-12(9-22)15(21)8-13/h6-8H,2-5,10H2,1H3,(H,25,26). The quantitative estimate of drug-likeness (QED) is 0.460. The van der Waals surface area contributed by atoms with E-state index in [1.165, 1.54) is 35.0 Å². The number of hydrogen-bond donors (Lipinski definition) is 1. The Labute approximate surface area is 176 Å². The molecule has 3 aromatic rings. The number of aryl methyl sites for hydroxylation is 3. The lowest BCUT2D eigenvalue weighted by molar-refractivity contribution is -0.113. The van der Waals surface area contributed by atoms with E-state index in [-0.39, 0.29) is 11.7 Å². The molecule has 1 aromatic carbocycles. The lowest BCUT2D eigenvalue weighted by Gasteiger charge is -2.12. The summed E-state index contributed by atoms with van der Waals surface area (Å²) in [6.45, 7) is 1.89. The number of thiophene rings is 1. The highest BCUT2D eigenvalue weighted by Crippen LogP contribution is 2.39. The molecular weight excluding hydrogens is 412 g/mol. The molecule has 1 aliphatic carbocycles. The Hall–Kier alpha value is -2.14. The number of halogens is 1. The minimum absolute atomic E-state index is 0.140. The number of fused-ring (bicyclic) bond motifs is 3. The Morgan fingerprint density at radius 2 is 2.18 bits per heavy atom. The van der Waals surface area contributed by atoms with Gasteiger partial charge in [0.05, 0.1) is 16.3 Å². The van der Waals surface area contributed by atoms with Crippen LogP contribution in [-0.2, 0) is 17.6 Å². The number of nitrogens with one attached hydrogen (secondary N) is 1. The summed E-state index contributed by atoms with van der Waals surface area (Å²) < 4.78 is 0. The Balaban J connectivity index is 1.52. The molecule has 5 nitrogen and oxygen atoms in total. The van der Waals surface area contributed by atoms with Gasteiger partial charge in [-0.3, -0.25) is 4.79 Å². The fraction of sp³-hybridized carbons (Fsp3) is 0.300. The molecule has 28 heavy (non-hydrogen) atoms. The summed E-state index contributed by atoms with van der Waals surface area (Å²) in [7, 11) is 0. The Bertz CT molecular complexity index is 1120. The third-order valence-corrected chi connectivity index (χ3v) is 7.08. The molecule has 2 aromatic heterocycles. The molecule has 0 fully saturated rings. The Morgan fingerprint density at radius 1 is 1.36 bits per heavy atom. The molecule has 0 radical (unpaired) electrons. The molecule has 4 rings (SSSR count). The minimum atomic E-state index is -0.140. The number of rotatable bonds is 4. The molecule has 0 spiro atoms. The molecule has 8 heteroatoms. The summed E-state index contributed by atoms with van der Waals surface area (Å²) in [6.07, 6.45) is 4.59. The summed E-state index contributed by atoms with van der Waals surface area (Å²) in [5.41, 5.74) is 2.33. The van der Waals surface area contributed by atoms with Gasteiger partial charge < -0.3 is 5.32 Å². The maximum atomic E-state index is 12.4.